The van der Waals surface area contributed by atoms with E-state index in [1.54, 1.807) is 0 Å². The second-order valence-corrected chi connectivity index (χ2v) is 6.52. The Bertz CT molecular complexity index is 456. The summed E-state index contributed by atoms with van der Waals surface area (Å²) < 4.78 is 1.11. The summed E-state index contributed by atoms with van der Waals surface area (Å²) in [5.41, 5.74) is 1.34. The molecule has 21 heavy (non-hydrogen) atoms. The third kappa shape index (κ3) is 5.09. The van der Waals surface area contributed by atoms with Crippen LogP contribution in [0.1, 0.15) is 31.4 Å². The molecule has 0 aliphatic carbocycles. The third-order valence-electron chi connectivity index (χ3n) is 4.17. The Hall–Kier alpha value is -0.910. The molecule has 0 aromatic heterocycles. The van der Waals surface area contributed by atoms with Gasteiger partial charge < -0.3 is 10.0 Å². The molecule has 0 saturated carbocycles. The number of carboxylic acids is 1. The predicted molar refractivity (Wildman–Crippen MR) is 87.4 cm³/mol. The summed E-state index contributed by atoms with van der Waals surface area (Å²) in [6.07, 6.45) is 1.02. The Morgan fingerprint density at radius 3 is 2.43 bits per heavy atom. The lowest BCUT2D eigenvalue weighted by Gasteiger charge is -2.38. The van der Waals surface area contributed by atoms with Crippen molar-refractivity contribution in [3.8, 4) is 0 Å². The van der Waals surface area contributed by atoms with Gasteiger partial charge in [-0.15, -0.1) is 0 Å². The van der Waals surface area contributed by atoms with Crippen LogP contribution in [0.2, 0.25) is 0 Å². The highest BCUT2D eigenvalue weighted by atomic mass is 79.9. The highest BCUT2D eigenvalue weighted by Gasteiger charge is 2.21. The van der Waals surface area contributed by atoms with Crippen molar-refractivity contribution in [3.63, 3.8) is 0 Å². The standard InChI is InChI=1S/C16H23BrN2O2/c1-13(14-4-6-15(17)7-5-14)19-11-9-18(10-12-19)8-2-3-16(20)21/h4-7,13H,2-3,8-12H2,1H3,(H,20,21)/t13-/m0/s1. The van der Waals surface area contributed by atoms with Crippen LogP contribution < -0.4 is 0 Å². The van der Waals surface area contributed by atoms with Crippen LogP contribution in [0, 0.1) is 0 Å². The molecule has 0 spiro atoms. The molecule has 5 heteroatoms. The van der Waals surface area contributed by atoms with Gasteiger partial charge in [0.25, 0.3) is 0 Å². The molecule has 1 atom stereocenters. The summed E-state index contributed by atoms with van der Waals surface area (Å²) in [6.45, 7) is 7.30. The van der Waals surface area contributed by atoms with Gasteiger partial charge in [0.15, 0.2) is 0 Å². The number of aliphatic carboxylic acids is 1. The van der Waals surface area contributed by atoms with E-state index in [1.165, 1.54) is 5.56 Å². The predicted octanol–water partition coefficient (Wildman–Crippen LogP) is 2.99. The topological polar surface area (TPSA) is 43.8 Å². The first-order valence-electron chi connectivity index (χ1n) is 7.50. The molecule has 0 unspecified atom stereocenters. The average Bonchev–Trinajstić information content (AvgIpc) is 2.48. The molecule has 1 aromatic rings. The Balaban J connectivity index is 1.77. The number of carboxylic acid groups (broad SMARTS) is 1. The molecule has 1 heterocycles. The van der Waals surface area contributed by atoms with Gasteiger partial charge in [-0.1, -0.05) is 28.1 Å². The van der Waals surface area contributed by atoms with Crippen LogP contribution in [-0.2, 0) is 4.79 Å². The number of nitrogens with zero attached hydrogens (tertiary/aromatic N) is 2. The lowest BCUT2D eigenvalue weighted by atomic mass is 10.1. The van der Waals surface area contributed by atoms with E-state index in [-0.39, 0.29) is 6.42 Å². The Labute approximate surface area is 134 Å². The van der Waals surface area contributed by atoms with Gasteiger partial charge in [0, 0.05) is 43.1 Å². The quantitative estimate of drug-likeness (QED) is 0.852. The fraction of sp³-hybridized carbons (Fsp3) is 0.562. The number of halogens is 1. The van der Waals surface area contributed by atoms with Gasteiger partial charge >= 0.3 is 5.97 Å². The van der Waals surface area contributed by atoms with E-state index in [0.717, 1.165) is 43.6 Å². The molecule has 0 amide bonds. The monoisotopic (exact) mass is 354 g/mol. The Morgan fingerprint density at radius 2 is 1.86 bits per heavy atom. The van der Waals surface area contributed by atoms with Gasteiger partial charge in [0.05, 0.1) is 0 Å². The summed E-state index contributed by atoms with van der Waals surface area (Å²) in [4.78, 5) is 15.4. The largest absolute Gasteiger partial charge is 0.481 e. The molecule has 0 radical (unpaired) electrons. The molecular formula is C16H23BrN2O2. The van der Waals surface area contributed by atoms with Crippen molar-refractivity contribution >= 4 is 21.9 Å². The van der Waals surface area contributed by atoms with Crippen LogP contribution in [0.5, 0.6) is 0 Å². The van der Waals surface area contributed by atoms with Gasteiger partial charge in [-0.2, -0.15) is 0 Å². The van der Waals surface area contributed by atoms with Crippen LogP contribution in [-0.4, -0.2) is 53.6 Å². The fourth-order valence-electron chi connectivity index (χ4n) is 2.78. The zero-order valence-electron chi connectivity index (χ0n) is 12.5. The summed E-state index contributed by atoms with van der Waals surface area (Å²) >= 11 is 3.47. The molecule has 2 rings (SSSR count). The van der Waals surface area contributed by atoms with Gasteiger partial charge in [-0.05, 0) is 37.6 Å². The third-order valence-corrected chi connectivity index (χ3v) is 4.70. The summed E-state index contributed by atoms with van der Waals surface area (Å²) in [5.74, 6) is -0.697. The molecule has 116 valence electrons. The van der Waals surface area contributed by atoms with Crippen molar-refractivity contribution in [2.75, 3.05) is 32.7 Å². The maximum absolute atomic E-state index is 10.5. The van der Waals surface area contributed by atoms with Crippen LogP contribution in [0.15, 0.2) is 28.7 Å². The molecule has 0 bridgehead atoms. The van der Waals surface area contributed by atoms with Crippen molar-refractivity contribution in [1.29, 1.82) is 0 Å². The minimum atomic E-state index is -0.697. The van der Waals surface area contributed by atoms with Gasteiger partial charge in [0.1, 0.15) is 0 Å². The first-order chi connectivity index (χ1) is 10.1. The van der Waals surface area contributed by atoms with E-state index in [4.69, 9.17) is 5.11 Å². The normalized spacial score (nSPS) is 18.6. The van der Waals surface area contributed by atoms with E-state index in [2.05, 4.69) is 56.9 Å². The van der Waals surface area contributed by atoms with E-state index in [0.29, 0.717) is 6.04 Å². The minimum absolute atomic E-state index is 0.273. The van der Waals surface area contributed by atoms with Gasteiger partial charge in [-0.25, -0.2) is 0 Å². The van der Waals surface area contributed by atoms with Crippen molar-refractivity contribution in [1.82, 2.24) is 9.80 Å². The maximum atomic E-state index is 10.5. The SMILES string of the molecule is C[C@@H](c1ccc(Br)cc1)N1CCN(CCCC(=O)O)CC1. The van der Waals surface area contributed by atoms with Crippen LogP contribution in [0.25, 0.3) is 0 Å². The lowest BCUT2D eigenvalue weighted by molar-refractivity contribution is -0.137. The number of rotatable bonds is 6. The first kappa shape index (κ1) is 16.5. The van der Waals surface area contributed by atoms with E-state index in [1.807, 2.05) is 0 Å². The molecule has 1 aliphatic rings. The van der Waals surface area contributed by atoms with Crippen molar-refractivity contribution in [2.45, 2.75) is 25.8 Å². The second-order valence-electron chi connectivity index (χ2n) is 5.60. The number of hydrogen-bond acceptors (Lipinski definition) is 3. The highest BCUT2D eigenvalue weighted by Crippen LogP contribution is 2.23. The van der Waals surface area contributed by atoms with Crippen LogP contribution in [0.3, 0.4) is 0 Å². The van der Waals surface area contributed by atoms with Crippen molar-refractivity contribution < 1.29 is 9.90 Å². The lowest BCUT2D eigenvalue weighted by Crippen LogP contribution is -2.47. The Kier molecular flexibility index (Phi) is 6.21. The van der Waals surface area contributed by atoms with Gasteiger partial charge in [-0.3, -0.25) is 9.69 Å². The molecule has 1 aromatic carbocycles. The number of benzene rings is 1. The minimum Gasteiger partial charge on any atom is -0.481 e. The van der Waals surface area contributed by atoms with E-state index in [9.17, 15) is 4.79 Å². The van der Waals surface area contributed by atoms with Crippen molar-refractivity contribution in [3.05, 3.63) is 34.3 Å². The molecule has 4 nitrogen and oxygen atoms in total. The summed E-state index contributed by atoms with van der Waals surface area (Å²) in [7, 11) is 0. The van der Waals surface area contributed by atoms with E-state index < -0.39 is 5.97 Å². The zero-order chi connectivity index (χ0) is 15.2. The molecule has 1 fully saturated rings. The number of hydrogen-bond donors (Lipinski definition) is 1. The first-order valence-corrected chi connectivity index (χ1v) is 8.29. The Morgan fingerprint density at radius 1 is 1.24 bits per heavy atom. The fourth-order valence-corrected chi connectivity index (χ4v) is 3.04. The smallest absolute Gasteiger partial charge is 0.303 e. The zero-order valence-corrected chi connectivity index (χ0v) is 14.1. The molecule has 1 N–H and O–H groups in total. The van der Waals surface area contributed by atoms with Crippen LogP contribution >= 0.6 is 15.9 Å². The van der Waals surface area contributed by atoms with Crippen molar-refractivity contribution in [2.24, 2.45) is 0 Å². The highest BCUT2D eigenvalue weighted by molar-refractivity contribution is 9.10. The van der Waals surface area contributed by atoms with Gasteiger partial charge in [0.2, 0.25) is 0 Å². The van der Waals surface area contributed by atoms with E-state index >= 15 is 0 Å². The number of carbonyl (C=O) groups is 1. The average molecular weight is 355 g/mol. The molecular weight excluding hydrogens is 332 g/mol. The second kappa shape index (κ2) is 7.92. The summed E-state index contributed by atoms with van der Waals surface area (Å²) in [5, 5.41) is 8.67. The number of piperazine rings is 1. The summed E-state index contributed by atoms with van der Waals surface area (Å²) in [6, 6.07) is 8.96. The van der Waals surface area contributed by atoms with Crippen LogP contribution in [0.4, 0.5) is 0 Å². The maximum Gasteiger partial charge on any atom is 0.303 e. The molecule has 1 aliphatic heterocycles. The molecule has 1 saturated heterocycles.